The van der Waals surface area contributed by atoms with Crippen LogP contribution < -0.4 is 15.6 Å². The Balaban J connectivity index is 1.68. The molecule has 7 nitrogen and oxygen atoms in total. The maximum atomic E-state index is 12.5. The predicted octanol–water partition coefficient (Wildman–Crippen LogP) is 4.67. The largest absolute Gasteiger partial charge is 0.457 e. The molecule has 0 aliphatic carbocycles. The fraction of sp³-hybridized carbons (Fsp3) is 0.179. The summed E-state index contributed by atoms with van der Waals surface area (Å²) < 4.78 is 12.5. The van der Waals surface area contributed by atoms with Crippen LogP contribution in [0.1, 0.15) is 16.8 Å². The third-order valence-corrected chi connectivity index (χ3v) is 5.47. The Hall–Kier alpha value is -4.23. The molecule has 0 fully saturated rings. The highest BCUT2D eigenvalue weighted by atomic mass is 16.5. The zero-order valence-electron chi connectivity index (χ0n) is 19.7. The van der Waals surface area contributed by atoms with Gasteiger partial charge in [0, 0.05) is 50.1 Å². The van der Waals surface area contributed by atoms with Gasteiger partial charge in [-0.15, -0.1) is 0 Å². The van der Waals surface area contributed by atoms with E-state index >= 15 is 0 Å². The van der Waals surface area contributed by atoms with Gasteiger partial charge in [-0.3, -0.25) is 9.59 Å². The molecule has 0 aliphatic heterocycles. The summed E-state index contributed by atoms with van der Waals surface area (Å²) in [6.45, 7) is 1.13. The maximum absolute atomic E-state index is 12.5. The van der Waals surface area contributed by atoms with Crippen molar-refractivity contribution < 1.29 is 14.3 Å². The number of aryl methyl sites for hydroxylation is 1. The molecule has 1 N–H and O–H groups in total. The van der Waals surface area contributed by atoms with Crippen molar-refractivity contribution in [1.82, 2.24) is 15.1 Å². The van der Waals surface area contributed by atoms with Crippen molar-refractivity contribution in [3.63, 3.8) is 0 Å². The lowest BCUT2D eigenvalue weighted by Crippen LogP contribution is -2.25. The fourth-order valence-electron chi connectivity index (χ4n) is 3.65. The number of nitrogens with zero attached hydrogens (tertiary/aromatic N) is 2. The van der Waals surface area contributed by atoms with Crippen LogP contribution in [0.15, 0.2) is 89.7 Å². The Kier molecular flexibility index (Phi) is 7.70. The lowest BCUT2D eigenvalue weighted by Gasteiger charge is -2.15. The monoisotopic (exact) mass is 469 g/mol. The Labute approximate surface area is 204 Å². The second-order valence-electron chi connectivity index (χ2n) is 7.96. The Bertz CT molecular complexity index is 1350. The first-order chi connectivity index (χ1) is 17.1. The van der Waals surface area contributed by atoms with Crippen LogP contribution >= 0.6 is 0 Å². The molecule has 7 heteroatoms. The van der Waals surface area contributed by atoms with E-state index in [9.17, 15) is 9.59 Å². The van der Waals surface area contributed by atoms with E-state index in [1.54, 1.807) is 32.4 Å². The number of carbonyl (C=O) groups excluding carboxylic acids is 1. The molecule has 0 radical (unpaired) electrons. The van der Waals surface area contributed by atoms with Gasteiger partial charge in [-0.2, -0.15) is 5.10 Å². The summed E-state index contributed by atoms with van der Waals surface area (Å²) in [5.41, 5.74) is 3.10. The van der Waals surface area contributed by atoms with E-state index in [1.807, 2.05) is 66.7 Å². The molecule has 1 amide bonds. The molecule has 3 aromatic carbocycles. The lowest BCUT2D eigenvalue weighted by molar-refractivity contribution is 0.0948. The lowest BCUT2D eigenvalue weighted by atomic mass is 9.98. The van der Waals surface area contributed by atoms with Gasteiger partial charge in [0.1, 0.15) is 17.2 Å². The molecule has 1 aromatic heterocycles. The molecular weight excluding hydrogens is 442 g/mol. The number of rotatable bonds is 9. The molecule has 178 valence electrons. The normalized spacial score (nSPS) is 10.7. The summed E-state index contributed by atoms with van der Waals surface area (Å²) >= 11 is 0. The molecule has 4 aromatic rings. The summed E-state index contributed by atoms with van der Waals surface area (Å²) in [4.78, 5) is 24.9. The molecule has 0 bridgehead atoms. The number of hydrogen-bond acceptors (Lipinski definition) is 5. The highest BCUT2D eigenvalue weighted by Crippen LogP contribution is 2.37. The van der Waals surface area contributed by atoms with Crippen molar-refractivity contribution in [2.45, 2.75) is 6.42 Å². The van der Waals surface area contributed by atoms with E-state index in [4.69, 9.17) is 9.47 Å². The summed E-state index contributed by atoms with van der Waals surface area (Å²) in [6, 6.07) is 25.8. The van der Waals surface area contributed by atoms with Gasteiger partial charge in [0.05, 0.1) is 0 Å². The molecule has 0 atom stereocenters. The third-order valence-electron chi connectivity index (χ3n) is 5.47. The minimum Gasteiger partial charge on any atom is -0.457 e. The van der Waals surface area contributed by atoms with E-state index in [0.717, 1.165) is 17.5 Å². The average molecular weight is 470 g/mol. The van der Waals surface area contributed by atoms with Gasteiger partial charge in [0.15, 0.2) is 0 Å². The van der Waals surface area contributed by atoms with Crippen LogP contribution in [0.2, 0.25) is 0 Å². The standard InChI is InChI=1S/C28H27N3O4/c1-31-26(32)19-24(20-13-15-21(16-14-20)28(33)29-17-8-18-34-2)27(30-31)23-11-6-7-12-25(23)35-22-9-4-3-5-10-22/h3-7,9-16,19H,8,17-18H2,1-2H3,(H,29,33). The fourth-order valence-corrected chi connectivity index (χ4v) is 3.65. The molecule has 0 saturated carbocycles. The van der Waals surface area contributed by atoms with Gasteiger partial charge in [-0.05, 0) is 48.4 Å². The first-order valence-electron chi connectivity index (χ1n) is 11.3. The van der Waals surface area contributed by atoms with Crippen molar-refractivity contribution in [3.05, 3.63) is 101 Å². The number of para-hydroxylation sites is 2. The zero-order chi connectivity index (χ0) is 24.6. The Morgan fingerprint density at radius 2 is 1.66 bits per heavy atom. The van der Waals surface area contributed by atoms with Crippen LogP contribution in [0, 0.1) is 0 Å². The minimum absolute atomic E-state index is 0.156. The number of methoxy groups -OCH3 is 1. The predicted molar refractivity (Wildman–Crippen MR) is 136 cm³/mol. The minimum atomic E-state index is -0.231. The van der Waals surface area contributed by atoms with Crippen molar-refractivity contribution in [2.24, 2.45) is 7.05 Å². The molecule has 0 aliphatic rings. The van der Waals surface area contributed by atoms with Crippen molar-refractivity contribution in [3.8, 4) is 33.9 Å². The SMILES string of the molecule is COCCCNC(=O)c1ccc(-c2cc(=O)n(C)nc2-c2ccccc2Oc2ccccc2)cc1. The van der Waals surface area contributed by atoms with E-state index in [0.29, 0.717) is 41.5 Å². The number of aromatic nitrogens is 2. The second kappa shape index (κ2) is 11.3. The molecule has 0 unspecified atom stereocenters. The van der Waals surface area contributed by atoms with Gasteiger partial charge < -0.3 is 14.8 Å². The van der Waals surface area contributed by atoms with Crippen LogP contribution in [-0.4, -0.2) is 35.9 Å². The molecule has 4 rings (SSSR count). The molecule has 35 heavy (non-hydrogen) atoms. The maximum Gasteiger partial charge on any atom is 0.267 e. The number of benzene rings is 3. The number of nitrogens with one attached hydrogen (secondary N) is 1. The van der Waals surface area contributed by atoms with Gasteiger partial charge in [-0.25, -0.2) is 4.68 Å². The zero-order valence-corrected chi connectivity index (χ0v) is 19.7. The van der Waals surface area contributed by atoms with E-state index in [-0.39, 0.29) is 11.5 Å². The Morgan fingerprint density at radius 1 is 0.943 bits per heavy atom. The first-order valence-corrected chi connectivity index (χ1v) is 11.3. The molecule has 1 heterocycles. The van der Waals surface area contributed by atoms with Crippen molar-refractivity contribution in [2.75, 3.05) is 20.3 Å². The molecule has 0 spiro atoms. The van der Waals surface area contributed by atoms with Crippen molar-refractivity contribution >= 4 is 5.91 Å². The van der Waals surface area contributed by atoms with E-state index in [1.165, 1.54) is 4.68 Å². The van der Waals surface area contributed by atoms with Crippen LogP contribution in [0.5, 0.6) is 11.5 Å². The molecular formula is C28H27N3O4. The Morgan fingerprint density at radius 3 is 2.40 bits per heavy atom. The summed E-state index contributed by atoms with van der Waals surface area (Å²) in [5.74, 6) is 1.17. The average Bonchev–Trinajstić information content (AvgIpc) is 2.89. The summed E-state index contributed by atoms with van der Waals surface area (Å²) in [6.07, 6.45) is 0.743. The van der Waals surface area contributed by atoms with Gasteiger partial charge in [0.25, 0.3) is 11.5 Å². The second-order valence-corrected chi connectivity index (χ2v) is 7.96. The van der Waals surface area contributed by atoms with Crippen LogP contribution in [0.25, 0.3) is 22.4 Å². The smallest absolute Gasteiger partial charge is 0.267 e. The quantitative estimate of drug-likeness (QED) is 0.360. The van der Waals surface area contributed by atoms with Crippen LogP contribution in [0.4, 0.5) is 0 Å². The number of ether oxygens (including phenoxy) is 2. The topological polar surface area (TPSA) is 82.5 Å². The highest BCUT2D eigenvalue weighted by molar-refractivity contribution is 5.95. The van der Waals surface area contributed by atoms with E-state index in [2.05, 4.69) is 10.4 Å². The number of hydrogen-bond donors (Lipinski definition) is 1. The molecule has 0 saturated heterocycles. The summed E-state index contributed by atoms with van der Waals surface area (Å²) in [7, 11) is 3.25. The first kappa shape index (κ1) is 23.9. The summed E-state index contributed by atoms with van der Waals surface area (Å²) in [5, 5.41) is 7.45. The number of amides is 1. The van der Waals surface area contributed by atoms with Gasteiger partial charge in [0.2, 0.25) is 0 Å². The van der Waals surface area contributed by atoms with Gasteiger partial charge in [-0.1, -0.05) is 42.5 Å². The third kappa shape index (κ3) is 5.83. The highest BCUT2D eigenvalue weighted by Gasteiger charge is 2.17. The van der Waals surface area contributed by atoms with Crippen LogP contribution in [0.3, 0.4) is 0 Å². The van der Waals surface area contributed by atoms with Crippen LogP contribution in [-0.2, 0) is 11.8 Å². The number of carbonyl (C=O) groups is 1. The van der Waals surface area contributed by atoms with E-state index < -0.39 is 0 Å². The van der Waals surface area contributed by atoms with Gasteiger partial charge >= 0.3 is 0 Å². The van der Waals surface area contributed by atoms with Crippen molar-refractivity contribution in [1.29, 1.82) is 0 Å².